The molecule has 1 saturated carbocycles. The fourth-order valence-electron chi connectivity index (χ4n) is 4.51. The molecular formula is C23H26F12O3. The summed E-state index contributed by atoms with van der Waals surface area (Å²) in [6, 6.07) is 3.46. The summed E-state index contributed by atoms with van der Waals surface area (Å²) in [6.45, 7) is 1.89. The Labute approximate surface area is 210 Å². The highest BCUT2D eigenvalue weighted by Crippen LogP contribution is 2.54. The maximum atomic E-state index is 13.9. The van der Waals surface area contributed by atoms with Gasteiger partial charge in [-0.25, -0.2) is 0 Å². The molecule has 1 atom stereocenters. The van der Waals surface area contributed by atoms with Crippen LogP contribution in [0.3, 0.4) is 0 Å². The molecule has 1 fully saturated rings. The highest BCUT2D eigenvalue weighted by molar-refractivity contribution is 5.32. The van der Waals surface area contributed by atoms with E-state index in [-0.39, 0.29) is 5.92 Å². The van der Waals surface area contributed by atoms with Crippen LogP contribution >= 0.6 is 0 Å². The highest BCUT2D eigenvalue weighted by Gasteiger charge is 2.74. The summed E-state index contributed by atoms with van der Waals surface area (Å²) < 4.78 is 171. The maximum Gasteiger partial charge on any atom is 0.430 e. The summed E-state index contributed by atoms with van der Waals surface area (Å²) in [5.74, 6) is -2.49. The lowest BCUT2D eigenvalue weighted by atomic mass is 9.75. The average Bonchev–Trinajstić information content (AvgIpc) is 2.78. The van der Waals surface area contributed by atoms with E-state index in [2.05, 4.69) is 4.74 Å². The van der Waals surface area contributed by atoms with Crippen LogP contribution in [0.25, 0.3) is 0 Å². The molecule has 0 heterocycles. The van der Waals surface area contributed by atoms with E-state index in [0.717, 1.165) is 12.1 Å². The molecule has 1 aromatic carbocycles. The molecule has 0 radical (unpaired) electrons. The van der Waals surface area contributed by atoms with Crippen molar-refractivity contribution in [3.8, 4) is 0 Å². The van der Waals surface area contributed by atoms with Gasteiger partial charge in [0.2, 0.25) is 0 Å². The Hall–Kier alpha value is -1.74. The van der Waals surface area contributed by atoms with Gasteiger partial charge < -0.3 is 14.6 Å². The first-order valence-corrected chi connectivity index (χ1v) is 11.5. The number of aliphatic hydroxyl groups is 1. The molecule has 1 unspecified atom stereocenters. The van der Waals surface area contributed by atoms with Gasteiger partial charge in [-0.3, -0.25) is 0 Å². The predicted molar refractivity (Wildman–Crippen MR) is 109 cm³/mol. The zero-order valence-electron chi connectivity index (χ0n) is 20.1. The second-order valence-electron chi connectivity index (χ2n) is 9.27. The molecule has 1 N–H and O–H groups in total. The molecule has 0 spiro atoms. The summed E-state index contributed by atoms with van der Waals surface area (Å²) >= 11 is 0. The molecule has 0 aromatic heterocycles. The lowest BCUT2D eigenvalue weighted by Gasteiger charge is -2.42. The van der Waals surface area contributed by atoms with Gasteiger partial charge in [-0.05, 0) is 43.6 Å². The van der Waals surface area contributed by atoms with Crippen LogP contribution in [0.4, 0.5) is 52.7 Å². The minimum absolute atomic E-state index is 0.151. The van der Waals surface area contributed by atoms with Gasteiger partial charge >= 0.3 is 24.7 Å². The van der Waals surface area contributed by atoms with Gasteiger partial charge in [0.25, 0.3) is 11.2 Å². The van der Waals surface area contributed by atoms with E-state index in [1.807, 2.05) is 0 Å². The van der Waals surface area contributed by atoms with Crippen molar-refractivity contribution >= 4 is 0 Å². The van der Waals surface area contributed by atoms with Crippen molar-refractivity contribution in [2.45, 2.75) is 93.9 Å². The Morgan fingerprint density at radius 2 is 1.21 bits per heavy atom. The van der Waals surface area contributed by atoms with E-state index in [1.54, 1.807) is 13.8 Å². The third-order valence-corrected chi connectivity index (χ3v) is 7.01. The standard InChI is InChI=1S/C23H26F12O3/c1-3-13(2)14-4-6-16(7-5-14)19(22(30,31)32,23(33,34)35)38-12-37-17-10-8-15(9-11-17)18(36,20(24,25)26)21(27,28)29/h4-7,13,15,17,36H,3,8-12H2,1-2H3. The Morgan fingerprint density at radius 3 is 1.58 bits per heavy atom. The third-order valence-electron chi connectivity index (χ3n) is 7.01. The molecule has 15 heteroatoms. The number of halogens is 12. The molecule has 0 saturated heterocycles. The minimum Gasteiger partial charge on any atom is -0.373 e. The number of benzene rings is 1. The molecule has 0 amide bonds. The number of rotatable bonds is 8. The van der Waals surface area contributed by atoms with Crippen molar-refractivity contribution in [3.63, 3.8) is 0 Å². The van der Waals surface area contributed by atoms with E-state index >= 15 is 0 Å². The van der Waals surface area contributed by atoms with Crippen molar-refractivity contribution in [2.75, 3.05) is 6.79 Å². The van der Waals surface area contributed by atoms with Crippen molar-refractivity contribution in [2.24, 2.45) is 5.92 Å². The topological polar surface area (TPSA) is 38.7 Å². The lowest BCUT2D eigenvalue weighted by molar-refractivity contribution is -0.404. The molecule has 1 aliphatic rings. The monoisotopic (exact) mass is 578 g/mol. The fraction of sp³-hybridized carbons (Fsp3) is 0.739. The zero-order valence-corrected chi connectivity index (χ0v) is 20.1. The Morgan fingerprint density at radius 1 is 0.763 bits per heavy atom. The first-order valence-electron chi connectivity index (χ1n) is 11.5. The van der Waals surface area contributed by atoms with Gasteiger partial charge in [-0.15, -0.1) is 0 Å². The van der Waals surface area contributed by atoms with Gasteiger partial charge in [-0.2, -0.15) is 52.7 Å². The second-order valence-corrected chi connectivity index (χ2v) is 9.27. The molecule has 1 aliphatic carbocycles. The van der Waals surface area contributed by atoms with Gasteiger partial charge in [0.15, 0.2) is 0 Å². The highest BCUT2D eigenvalue weighted by atomic mass is 19.4. The first kappa shape index (κ1) is 32.5. The summed E-state index contributed by atoms with van der Waals surface area (Å²) in [4.78, 5) is 0. The molecule has 1 aromatic rings. The molecule has 0 bridgehead atoms. The molecular weight excluding hydrogens is 552 g/mol. The summed E-state index contributed by atoms with van der Waals surface area (Å²) in [5.41, 5.74) is -10.6. The van der Waals surface area contributed by atoms with Crippen LogP contribution in [0.2, 0.25) is 0 Å². The third kappa shape index (κ3) is 6.03. The van der Waals surface area contributed by atoms with E-state index in [0.29, 0.717) is 24.1 Å². The number of ether oxygens (including phenoxy) is 2. The van der Waals surface area contributed by atoms with Crippen LogP contribution < -0.4 is 0 Å². The zero-order chi connectivity index (χ0) is 29.4. The van der Waals surface area contributed by atoms with Crippen molar-refractivity contribution in [1.82, 2.24) is 0 Å². The fourth-order valence-corrected chi connectivity index (χ4v) is 4.51. The van der Waals surface area contributed by atoms with Crippen molar-refractivity contribution < 1.29 is 67.3 Å². The number of hydrogen-bond acceptors (Lipinski definition) is 3. The Bertz CT molecular complexity index is 867. The van der Waals surface area contributed by atoms with Crippen LogP contribution in [0.1, 0.15) is 63.0 Å². The van der Waals surface area contributed by atoms with Gasteiger partial charge in [0.1, 0.15) is 6.79 Å². The van der Waals surface area contributed by atoms with E-state index in [9.17, 15) is 57.8 Å². The largest absolute Gasteiger partial charge is 0.430 e. The van der Waals surface area contributed by atoms with E-state index in [1.165, 1.54) is 0 Å². The number of hydrogen-bond donors (Lipinski definition) is 1. The van der Waals surface area contributed by atoms with Crippen LogP contribution in [0, 0.1) is 5.92 Å². The SMILES string of the molecule is CCC(C)c1ccc(C(OCOC2CCC(C(O)(C(F)(F)F)C(F)(F)F)CC2)(C(F)(F)F)C(F)(F)F)cc1. The van der Waals surface area contributed by atoms with E-state index in [4.69, 9.17) is 4.74 Å². The van der Waals surface area contributed by atoms with Crippen LogP contribution in [0.5, 0.6) is 0 Å². The normalized spacial score (nSPS) is 21.4. The second kappa shape index (κ2) is 11.0. The van der Waals surface area contributed by atoms with Crippen LogP contribution in [0.15, 0.2) is 24.3 Å². The lowest BCUT2D eigenvalue weighted by Crippen LogP contribution is -2.62. The smallest absolute Gasteiger partial charge is 0.373 e. The molecule has 38 heavy (non-hydrogen) atoms. The molecule has 220 valence electrons. The number of alkyl halides is 12. The summed E-state index contributed by atoms with van der Waals surface area (Å²) in [7, 11) is 0. The van der Waals surface area contributed by atoms with E-state index < -0.39 is 86.0 Å². The van der Waals surface area contributed by atoms with Gasteiger partial charge in [-0.1, -0.05) is 38.1 Å². The first-order chi connectivity index (χ1) is 17.1. The molecule has 0 aliphatic heterocycles. The van der Waals surface area contributed by atoms with Gasteiger partial charge in [0.05, 0.1) is 6.10 Å². The predicted octanol–water partition coefficient (Wildman–Crippen LogP) is 7.93. The summed E-state index contributed by atoms with van der Waals surface area (Å²) in [5, 5.41) is 9.49. The average molecular weight is 578 g/mol. The van der Waals surface area contributed by atoms with Gasteiger partial charge in [0, 0.05) is 11.5 Å². The Kier molecular flexibility index (Phi) is 9.42. The minimum atomic E-state index is -6.06. The van der Waals surface area contributed by atoms with Crippen molar-refractivity contribution in [3.05, 3.63) is 35.4 Å². The van der Waals surface area contributed by atoms with Crippen LogP contribution in [-0.4, -0.2) is 48.3 Å². The summed E-state index contributed by atoms with van der Waals surface area (Å²) in [6.07, 6.45) is -27.9. The molecule has 3 nitrogen and oxygen atoms in total. The van der Waals surface area contributed by atoms with Crippen LogP contribution in [-0.2, 0) is 15.1 Å². The molecule has 2 rings (SSSR count). The maximum absolute atomic E-state index is 13.9. The Balaban J connectivity index is 2.20. The quantitative estimate of drug-likeness (QED) is 0.252. The van der Waals surface area contributed by atoms with Crippen molar-refractivity contribution in [1.29, 1.82) is 0 Å².